The molecule has 0 fully saturated rings. The molecule has 0 spiro atoms. The van der Waals surface area contributed by atoms with Gasteiger partial charge in [0.1, 0.15) is 12.3 Å². The number of aliphatic hydroxyl groups excluding tert-OH is 1. The summed E-state index contributed by atoms with van der Waals surface area (Å²) in [5, 5.41) is 22.8. The Morgan fingerprint density at radius 2 is 2.00 bits per heavy atom. The first kappa shape index (κ1) is 23.4. The number of tetrazole rings is 1. The Morgan fingerprint density at radius 3 is 2.59 bits per heavy atom. The van der Waals surface area contributed by atoms with E-state index in [2.05, 4.69) is 20.4 Å². The van der Waals surface area contributed by atoms with Crippen molar-refractivity contribution in [2.75, 3.05) is 0 Å². The summed E-state index contributed by atoms with van der Waals surface area (Å²) in [6, 6.07) is 7.60. The normalized spacial score (nSPS) is 13.4. The second-order valence-electron chi connectivity index (χ2n) is 8.02. The Hall–Kier alpha value is -3.31. The molecule has 2 atom stereocenters. The van der Waals surface area contributed by atoms with Crippen molar-refractivity contribution >= 4 is 17.7 Å². The largest absolute Gasteiger partial charge is 0.442 e. The summed E-state index contributed by atoms with van der Waals surface area (Å²) in [5.41, 5.74) is 5.16. The predicted molar refractivity (Wildman–Crippen MR) is 112 cm³/mol. The third-order valence-corrected chi connectivity index (χ3v) is 4.61. The van der Waals surface area contributed by atoms with Crippen molar-refractivity contribution in [3.8, 4) is 23.0 Å². The number of hydrogen-bond acceptors (Lipinski definition) is 8. The van der Waals surface area contributed by atoms with Gasteiger partial charge in [-0.15, -0.1) is 10.2 Å². The number of ether oxygens (including phenoxy) is 2. The number of carbonyl (C=O) groups is 1. The van der Waals surface area contributed by atoms with Crippen LogP contribution in [0.4, 0.5) is 9.18 Å². The van der Waals surface area contributed by atoms with Crippen molar-refractivity contribution in [3.05, 3.63) is 47.4 Å². The van der Waals surface area contributed by atoms with Crippen molar-refractivity contribution in [1.82, 2.24) is 25.2 Å². The number of carbonyl (C=O) groups excluding carboxylic acids is 1. The quantitative estimate of drug-likeness (QED) is 0.543. The molecule has 2 heterocycles. The van der Waals surface area contributed by atoms with Crippen LogP contribution in [0.1, 0.15) is 20.8 Å². The summed E-state index contributed by atoms with van der Waals surface area (Å²) in [6.07, 6.45) is -1.71. The zero-order valence-corrected chi connectivity index (χ0v) is 18.3. The third kappa shape index (κ3) is 5.89. The van der Waals surface area contributed by atoms with Crippen LogP contribution < -0.4 is 10.5 Å². The number of amides is 1. The Morgan fingerprint density at radius 1 is 1.31 bits per heavy atom. The maximum atomic E-state index is 13.8. The topological polar surface area (TPSA) is 138 Å². The Balaban J connectivity index is 1.72. The predicted octanol–water partition coefficient (Wildman–Crippen LogP) is 3.19. The molecular formula is C20H22ClFN6O4. The summed E-state index contributed by atoms with van der Waals surface area (Å²) in [6.45, 7) is 5.34. The minimum Gasteiger partial charge on any atom is -0.442 e. The lowest BCUT2D eigenvalue weighted by Crippen LogP contribution is -2.44. The van der Waals surface area contributed by atoms with Crippen molar-refractivity contribution < 1.29 is 23.8 Å². The van der Waals surface area contributed by atoms with Crippen molar-refractivity contribution in [1.29, 1.82) is 0 Å². The molecule has 2 aromatic heterocycles. The first-order valence-corrected chi connectivity index (χ1v) is 9.92. The maximum absolute atomic E-state index is 13.8. The maximum Gasteiger partial charge on any atom is 0.404 e. The highest BCUT2D eigenvalue weighted by molar-refractivity contribution is 6.30. The van der Waals surface area contributed by atoms with E-state index in [0.29, 0.717) is 11.3 Å². The second-order valence-corrected chi connectivity index (χ2v) is 8.46. The SMILES string of the molecule is CC(C)(C)C(O)C(Cn1nnc(-c2ccc(Oc3ncc(Cl)cc3F)cc2)n1)OC(N)=O. The van der Waals surface area contributed by atoms with Gasteiger partial charge < -0.3 is 20.3 Å². The Labute approximate surface area is 188 Å². The average Bonchev–Trinajstić information content (AvgIpc) is 3.17. The van der Waals surface area contributed by atoms with Gasteiger partial charge in [-0.1, -0.05) is 32.4 Å². The molecule has 1 amide bonds. The summed E-state index contributed by atoms with van der Waals surface area (Å²) < 4.78 is 24.3. The molecular weight excluding hydrogens is 443 g/mol. The molecule has 0 aliphatic carbocycles. The van der Waals surface area contributed by atoms with E-state index >= 15 is 0 Å². The van der Waals surface area contributed by atoms with Crippen LogP contribution in [0.15, 0.2) is 36.5 Å². The smallest absolute Gasteiger partial charge is 0.404 e. The number of aromatic nitrogens is 5. The van der Waals surface area contributed by atoms with Crippen LogP contribution in [0.5, 0.6) is 11.6 Å². The standard InChI is InChI=1S/C20H22ClFN6O4/c1-20(2,3)16(29)15(32-19(23)30)10-28-26-17(25-27-28)11-4-6-13(7-5-11)31-18-14(22)8-12(21)9-24-18/h4-9,15-16,29H,10H2,1-3H3,(H2,23,30). The average molecular weight is 465 g/mol. The van der Waals surface area contributed by atoms with Gasteiger partial charge in [0, 0.05) is 11.8 Å². The van der Waals surface area contributed by atoms with Gasteiger partial charge in [0.15, 0.2) is 11.9 Å². The Kier molecular flexibility index (Phi) is 6.90. The molecule has 3 N–H and O–H groups in total. The van der Waals surface area contributed by atoms with Crippen molar-refractivity contribution in [2.45, 2.75) is 39.5 Å². The zero-order chi connectivity index (χ0) is 23.5. The van der Waals surface area contributed by atoms with E-state index < -0.39 is 29.5 Å². The first-order chi connectivity index (χ1) is 15.0. The van der Waals surface area contributed by atoms with E-state index in [1.165, 1.54) is 11.0 Å². The fraction of sp³-hybridized carbons (Fsp3) is 0.350. The van der Waals surface area contributed by atoms with E-state index in [0.717, 1.165) is 6.07 Å². The number of primary amides is 1. The van der Waals surface area contributed by atoms with Crippen molar-refractivity contribution in [2.24, 2.45) is 11.1 Å². The minimum absolute atomic E-state index is 0.0446. The monoisotopic (exact) mass is 464 g/mol. The molecule has 10 nitrogen and oxygen atoms in total. The summed E-state index contributed by atoms with van der Waals surface area (Å²) in [4.78, 5) is 16.2. The van der Waals surface area contributed by atoms with Crippen LogP contribution in [0.3, 0.4) is 0 Å². The molecule has 32 heavy (non-hydrogen) atoms. The van der Waals surface area contributed by atoms with Gasteiger partial charge in [0.25, 0.3) is 5.88 Å². The molecule has 3 aromatic rings. The van der Waals surface area contributed by atoms with E-state index in [1.807, 2.05) is 0 Å². The number of pyridine rings is 1. The molecule has 1 aromatic carbocycles. The number of nitrogens with zero attached hydrogens (tertiary/aromatic N) is 5. The van der Waals surface area contributed by atoms with Gasteiger partial charge in [-0.25, -0.2) is 14.2 Å². The molecule has 0 saturated heterocycles. The summed E-state index contributed by atoms with van der Waals surface area (Å²) in [7, 11) is 0. The van der Waals surface area contributed by atoms with Crippen molar-refractivity contribution in [3.63, 3.8) is 0 Å². The highest BCUT2D eigenvalue weighted by atomic mass is 35.5. The van der Waals surface area contributed by atoms with Crippen LogP contribution >= 0.6 is 11.6 Å². The third-order valence-electron chi connectivity index (χ3n) is 4.40. The van der Waals surface area contributed by atoms with Gasteiger partial charge in [-0.2, -0.15) is 4.80 Å². The Bertz CT molecular complexity index is 1090. The molecule has 2 unspecified atom stereocenters. The van der Waals surface area contributed by atoms with Crippen LogP contribution in [0.2, 0.25) is 5.02 Å². The minimum atomic E-state index is -1.01. The lowest BCUT2D eigenvalue weighted by Gasteiger charge is -2.31. The molecule has 0 bridgehead atoms. The highest BCUT2D eigenvalue weighted by Gasteiger charge is 2.34. The van der Waals surface area contributed by atoms with Gasteiger partial charge in [0.05, 0.1) is 11.1 Å². The lowest BCUT2D eigenvalue weighted by atomic mass is 9.86. The molecule has 0 aliphatic heterocycles. The zero-order valence-electron chi connectivity index (χ0n) is 17.6. The second kappa shape index (κ2) is 9.45. The lowest BCUT2D eigenvalue weighted by molar-refractivity contribution is -0.0583. The van der Waals surface area contributed by atoms with Crippen LogP contribution in [-0.2, 0) is 11.3 Å². The fourth-order valence-corrected chi connectivity index (χ4v) is 2.91. The van der Waals surface area contributed by atoms with E-state index in [-0.39, 0.29) is 23.3 Å². The summed E-state index contributed by atoms with van der Waals surface area (Å²) in [5.74, 6) is -0.256. The first-order valence-electron chi connectivity index (χ1n) is 9.54. The molecule has 0 aliphatic rings. The van der Waals surface area contributed by atoms with Gasteiger partial charge in [0.2, 0.25) is 5.82 Å². The molecule has 0 radical (unpaired) electrons. The molecule has 3 rings (SSSR count). The fourth-order valence-electron chi connectivity index (χ4n) is 2.77. The van der Waals surface area contributed by atoms with Gasteiger partial charge in [-0.3, -0.25) is 0 Å². The van der Waals surface area contributed by atoms with Crippen LogP contribution in [0.25, 0.3) is 11.4 Å². The molecule has 170 valence electrons. The van der Waals surface area contributed by atoms with E-state index in [1.54, 1.807) is 45.0 Å². The number of nitrogens with two attached hydrogens (primary N) is 1. The number of hydrogen-bond donors (Lipinski definition) is 2. The number of benzene rings is 1. The van der Waals surface area contributed by atoms with Gasteiger partial charge >= 0.3 is 6.09 Å². The van der Waals surface area contributed by atoms with Crippen LogP contribution in [0, 0.1) is 11.2 Å². The van der Waals surface area contributed by atoms with E-state index in [9.17, 15) is 14.3 Å². The summed E-state index contributed by atoms with van der Waals surface area (Å²) >= 11 is 5.68. The van der Waals surface area contributed by atoms with E-state index in [4.69, 9.17) is 26.8 Å². The van der Waals surface area contributed by atoms with Crippen LogP contribution in [-0.4, -0.2) is 48.6 Å². The number of rotatable bonds is 7. The molecule has 12 heteroatoms. The highest BCUT2D eigenvalue weighted by Crippen LogP contribution is 2.27. The number of aliphatic hydroxyl groups is 1. The number of halogens is 2. The molecule has 0 saturated carbocycles. The van der Waals surface area contributed by atoms with Gasteiger partial charge in [-0.05, 0) is 41.0 Å².